The summed E-state index contributed by atoms with van der Waals surface area (Å²) in [4.78, 5) is 63.9. The molecule has 6 aromatic heterocycles. The number of hydrogen-bond donors (Lipinski definition) is 2. The van der Waals surface area contributed by atoms with Gasteiger partial charge in [0.2, 0.25) is 11.8 Å². The molecule has 17 nitrogen and oxygen atoms in total. The first kappa shape index (κ1) is 39.3. The minimum Gasteiger partial charge on any atom is -0.393 e. The fourth-order valence-electron chi connectivity index (χ4n) is 6.85. The Morgan fingerprint density at radius 3 is 1.66 bits per heavy atom. The molecular weight excluding hydrogens is 803 g/mol. The standard InChI is InChI=1S/C20H16ClN5O3.C10H11ClO.C10H7N5O3/c21-14-5-3-12(4-6-14)13-8-15(9-13)26-20(28)29-17(24-26)10-25-11-23-18-16(19(25)27)2-1-7-22-18;11-9-3-1-7(2-4-9)8-5-10(12)6-8;16-9-6-2-1-3-11-8(6)12-5-15(9)4-7-13-14-10(17)18-7/h1-7,11,13,15H,8-10H2;1-4,8,10,12H,5-6H2;1-3,5H,4H2,(H,14,17). The zero-order chi connectivity index (χ0) is 41.0. The van der Waals surface area contributed by atoms with E-state index in [0.717, 1.165) is 30.7 Å². The average Bonchev–Trinajstić information content (AvgIpc) is 3.80. The highest BCUT2D eigenvalue weighted by molar-refractivity contribution is 6.30. The summed E-state index contributed by atoms with van der Waals surface area (Å²) in [6.45, 7) is 0.0711. The molecule has 2 N–H and O–H groups in total. The summed E-state index contributed by atoms with van der Waals surface area (Å²) in [6, 6.07) is 22.3. The highest BCUT2D eigenvalue weighted by atomic mass is 35.5. The van der Waals surface area contributed by atoms with Crippen LogP contribution in [0.5, 0.6) is 0 Å². The van der Waals surface area contributed by atoms with E-state index in [1.807, 2.05) is 48.5 Å². The zero-order valence-electron chi connectivity index (χ0n) is 31.0. The van der Waals surface area contributed by atoms with Crippen molar-refractivity contribution in [3.63, 3.8) is 0 Å². The number of fused-ring (bicyclic) bond motifs is 2. The lowest BCUT2D eigenvalue weighted by molar-refractivity contribution is 0.0746. The normalized spacial score (nSPS) is 18.2. The van der Waals surface area contributed by atoms with Gasteiger partial charge in [-0.2, -0.15) is 4.68 Å². The number of rotatable bonds is 7. The number of aromatic nitrogens is 10. The SMILES string of the molecule is O=c1[nH]nc(Cn2cnc3ncccc3c2=O)o1.O=c1c2cccnc2ncn1Cc1nn(C2CC(c3ccc(Cl)cc3)C2)c(=O)o1.OC1CC(c2ccc(Cl)cc2)C1. The summed E-state index contributed by atoms with van der Waals surface area (Å²) < 4.78 is 14.0. The van der Waals surface area contributed by atoms with Crippen LogP contribution < -0.4 is 22.6 Å². The highest BCUT2D eigenvalue weighted by Crippen LogP contribution is 2.44. The lowest BCUT2D eigenvalue weighted by Crippen LogP contribution is -2.31. The minimum absolute atomic E-state index is 0.0173. The maximum Gasteiger partial charge on any atom is 0.437 e. The number of nitrogens with zero attached hydrogens (tertiary/aromatic N) is 9. The monoisotopic (exact) mass is 836 g/mol. The van der Waals surface area contributed by atoms with Gasteiger partial charge in [0.25, 0.3) is 11.1 Å². The molecule has 0 aliphatic heterocycles. The molecule has 2 aliphatic carbocycles. The Morgan fingerprint density at radius 2 is 1.17 bits per heavy atom. The number of halogens is 2. The van der Waals surface area contributed by atoms with Crippen LogP contribution in [0, 0.1) is 0 Å². The molecule has 300 valence electrons. The van der Waals surface area contributed by atoms with Gasteiger partial charge in [-0.1, -0.05) is 47.5 Å². The highest BCUT2D eigenvalue weighted by Gasteiger charge is 2.34. The molecule has 0 saturated heterocycles. The smallest absolute Gasteiger partial charge is 0.393 e. The topological polar surface area (TPSA) is 223 Å². The van der Waals surface area contributed by atoms with Gasteiger partial charge in [-0.05, 0) is 97.2 Å². The van der Waals surface area contributed by atoms with E-state index in [9.17, 15) is 19.2 Å². The molecule has 10 rings (SSSR count). The van der Waals surface area contributed by atoms with E-state index in [1.54, 1.807) is 36.7 Å². The van der Waals surface area contributed by atoms with Gasteiger partial charge >= 0.3 is 11.5 Å². The molecule has 59 heavy (non-hydrogen) atoms. The van der Waals surface area contributed by atoms with Crippen LogP contribution in [-0.4, -0.2) is 60.3 Å². The molecule has 0 radical (unpaired) electrons. The Morgan fingerprint density at radius 1 is 0.661 bits per heavy atom. The first-order chi connectivity index (χ1) is 28.6. The summed E-state index contributed by atoms with van der Waals surface area (Å²) in [6.07, 6.45) is 9.20. The predicted molar refractivity (Wildman–Crippen MR) is 216 cm³/mol. The number of aromatic amines is 1. The van der Waals surface area contributed by atoms with Crippen LogP contribution in [0.4, 0.5) is 0 Å². The van der Waals surface area contributed by atoms with Crippen molar-refractivity contribution in [2.45, 2.75) is 62.8 Å². The van der Waals surface area contributed by atoms with Gasteiger partial charge < -0.3 is 13.9 Å². The molecule has 19 heteroatoms. The molecule has 2 aliphatic rings. The largest absolute Gasteiger partial charge is 0.437 e. The quantitative estimate of drug-likeness (QED) is 0.219. The molecule has 2 aromatic carbocycles. The lowest BCUT2D eigenvalue weighted by atomic mass is 9.76. The van der Waals surface area contributed by atoms with Crippen LogP contribution in [0.15, 0.2) is 126 Å². The van der Waals surface area contributed by atoms with Crippen molar-refractivity contribution in [3.05, 3.63) is 173 Å². The lowest BCUT2D eigenvalue weighted by Gasteiger charge is -2.34. The molecule has 0 spiro atoms. The summed E-state index contributed by atoms with van der Waals surface area (Å²) in [5.74, 6) is 0.0436. The molecule has 0 bridgehead atoms. The van der Waals surface area contributed by atoms with Crippen LogP contribution in [-0.2, 0) is 13.1 Å². The Hall–Kier alpha value is -6.56. The second-order valence-electron chi connectivity index (χ2n) is 14.1. The Bertz CT molecular complexity index is 2960. The second-order valence-corrected chi connectivity index (χ2v) is 14.9. The molecule has 0 atom stereocenters. The van der Waals surface area contributed by atoms with Gasteiger partial charge in [0, 0.05) is 22.4 Å². The predicted octanol–water partition coefficient (Wildman–Crippen LogP) is 4.86. The fraction of sp³-hybridized carbons (Fsp3) is 0.250. The van der Waals surface area contributed by atoms with E-state index in [-0.39, 0.29) is 48.1 Å². The minimum atomic E-state index is -0.659. The van der Waals surface area contributed by atoms with E-state index in [1.165, 1.54) is 37.6 Å². The van der Waals surface area contributed by atoms with E-state index >= 15 is 0 Å². The summed E-state index contributed by atoms with van der Waals surface area (Å²) in [7, 11) is 0. The van der Waals surface area contributed by atoms with Gasteiger partial charge in [0.15, 0.2) is 11.3 Å². The van der Waals surface area contributed by atoms with Crippen LogP contribution in [0.1, 0.15) is 66.5 Å². The molecule has 2 fully saturated rings. The van der Waals surface area contributed by atoms with Gasteiger partial charge in [0.1, 0.15) is 25.7 Å². The summed E-state index contributed by atoms with van der Waals surface area (Å²) >= 11 is 11.7. The average molecular weight is 838 g/mol. The molecule has 2 saturated carbocycles. The van der Waals surface area contributed by atoms with E-state index in [4.69, 9.17) is 37.1 Å². The van der Waals surface area contributed by atoms with Gasteiger partial charge in [0.05, 0.1) is 22.9 Å². The van der Waals surface area contributed by atoms with Crippen molar-refractivity contribution < 1.29 is 13.9 Å². The van der Waals surface area contributed by atoms with Crippen LogP contribution in [0.3, 0.4) is 0 Å². The van der Waals surface area contributed by atoms with Crippen LogP contribution >= 0.6 is 23.2 Å². The van der Waals surface area contributed by atoms with Gasteiger partial charge in [-0.3, -0.25) is 18.7 Å². The Labute approximate surface area is 342 Å². The Kier molecular flexibility index (Phi) is 11.4. The number of pyridine rings is 2. The maximum atomic E-state index is 12.6. The van der Waals surface area contributed by atoms with E-state index < -0.39 is 11.5 Å². The molecular formula is C40H34Cl2N10O7. The van der Waals surface area contributed by atoms with Crippen molar-refractivity contribution in [1.29, 1.82) is 0 Å². The van der Waals surface area contributed by atoms with Gasteiger partial charge in [-0.15, -0.1) is 10.2 Å². The number of H-pyrrole nitrogens is 1. The van der Waals surface area contributed by atoms with Crippen LogP contribution in [0.25, 0.3) is 22.1 Å². The number of benzene rings is 2. The number of nitrogens with one attached hydrogen (secondary N) is 1. The van der Waals surface area contributed by atoms with Crippen molar-refractivity contribution in [3.8, 4) is 0 Å². The second kappa shape index (κ2) is 17.1. The summed E-state index contributed by atoms with van der Waals surface area (Å²) in [5, 5.41) is 21.4. The first-order valence-corrected chi connectivity index (χ1v) is 19.3. The van der Waals surface area contributed by atoms with Crippen molar-refractivity contribution in [2.75, 3.05) is 0 Å². The third-order valence-corrected chi connectivity index (χ3v) is 10.7. The number of hydrogen-bond acceptors (Lipinski definition) is 13. The maximum absolute atomic E-state index is 12.6. The van der Waals surface area contributed by atoms with E-state index in [2.05, 4.69) is 35.2 Å². The summed E-state index contributed by atoms with van der Waals surface area (Å²) in [5.41, 5.74) is 2.73. The van der Waals surface area contributed by atoms with Crippen molar-refractivity contribution >= 4 is 45.3 Å². The van der Waals surface area contributed by atoms with E-state index in [0.29, 0.717) is 38.9 Å². The number of aliphatic hydroxyl groups is 1. The van der Waals surface area contributed by atoms with Crippen LogP contribution in [0.2, 0.25) is 10.0 Å². The third-order valence-electron chi connectivity index (χ3n) is 10.2. The Balaban J connectivity index is 0.000000137. The molecule has 8 aromatic rings. The van der Waals surface area contributed by atoms with Crippen molar-refractivity contribution in [2.24, 2.45) is 0 Å². The molecule has 6 heterocycles. The number of aliphatic hydroxyl groups excluding tert-OH is 1. The zero-order valence-corrected chi connectivity index (χ0v) is 32.5. The van der Waals surface area contributed by atoms with Crippen molar-refractivity contribution in [1.82, 2.24) is 49.0 Å². The molecule has 0 unspecified atom stereocenters. The molecule has 0 amide bonds. The fourth-order valence-corrected chi connectivity index (χ4v) is 7.11. The van der Waals surface area contributed by atoms with Gasteiger partial charge in [-0.25, -0.2) is 34.6 Å². The third kappa shape index (κ3) is 8.96. The first-order valence-electron chi connectivity index (χ1n) is 18.5.